The number of nitrogen functional groups attached to an aromatic ring is 1. The summed E-state index contributed by atoms with van der Waals surface area (Å²) in [4.78, 5) is 12.1. The van der Waals surface area contributed by atoms with Crippen molar-refractivity contribution in [2.45, 2.75) is 40.5 Å². The van der Waals surface area contributed by atoms with Crippen LogP contribution in [0.25, 0.3) is 0 Å². The van der Waals surface area contributed by atoms with E-state index in [0.717, 1.165) is 15.4 Å². The molecule has 3 N–H and O–H groups in total. The van der Waals surface area contributed by atoms with Crippen LogP contribution < -0.4 is 11.1 Å². The molecule has 0 bridgehead atoms. The Morgan fingerprint density at radius 2 is 1.95 bits per heavy atom. The number of halogens is 2. The van der Waals surface area contributed by atoms with Gasteiger partial charge in [-0.15, -0.1) is 0 Å². The molecule has 0 saturated heterocycles. The highest BCUT2D eigenvalue weighted by Gasteiger charge is 2.18. The zero-order valence-corrected chi connectivity index (χ0v) is 15.6. The van der Waals surface area contributed by atoms with Gasteiger partial charge in [-0.05, 0) is 45.8 Å². The average molecular weight is 406 g/mol. The van der Waals surface area contributed by atoms with Crippen molar-refractivity contribution in [1.29, 1.82) is 0 Å². The van der Waals surface area contributed by atoms with Gasteiger partial charge in [0.05, 0.1) is 11.4 Å². The second-order valence-corrected chi connectivity index (χ2v) is 8.24. The molecule has 0 aliphatic carbocycles. The van der Waals surface area contributed by atoms with Gasteiger partial charge in [0.2, 0.25) is 5.91 Å². The molecule has 0 aliphatic heterocycles. The number of carbonyl (C=O) groups is 1. The molecule has 1 amide bonds. The number of rotatable bonds is 4. The topological polar surface area (TPSA) is 55.1 Å². The van der Waals surface area contributed by atoms with Crippen molar-refractivity contribution in [1.82, 2.24) is 0 Å². The smallest absolute Gasteiger partial charge is 0.224 e. The third-order valence-corrected chi connectivity index (χ3v) is 3.93. The molecular formula is C15H22Br2N2O. The Morgan fingerprint density at radius 1 is 1.35 bits per heavy atom. The maximum Gasteiger partial charge on any atom is 0.224 e. The summed E-state index contributed by atoms with van der Waals surface area (Å²) < 4.78 is 1.65. The maximum atomic E-state index is 12.1. The zero-order chi connectivity index (χ0) is 15.5. The number of carbonyl (C=O) groups excluding carboxylic acids is 1. The summed E-state index contributed by atoms with van der Waals surface area (Å²) in [7, 11) is 0. The minimum atomic E-state index is -0.00327. The van der Waals surface area contributed by atoms with Gasteiger partial charge in [0, 0.05) is 15.4 Å². The van der Waals surface area contributed by atoms with Crippen molar-refractivity contribution < 1.29 is 4.79 Å². The number of hydrogen-bond donors (Lipinski definition) is 2. The molecule has 3 nitrogen and oxygen atoms in total. The molecule has 0 fully saturated rings. The first-order chi connectivity index (χ1) is 9.08. The lowest BCUT2D eigenvalue weighted by Gasteiger charge is -2.23. The summed E-state index contributed by atoms with van der Waals surface area (Å²) in [6.45, 7) is 8.66. The van der Waals surface area contributed by atoms with Gasteiger partial charge in [0.15, 0.2) is 0 Å². The normalized spacial score (nSPS) is 13.1. The number of hydrogen-bond acceptors (Lipinski definition) is 2. The summed E-state index contributed by atoms with van der Waals surface area (Å²) in [5, 5.41) is 2.89. The summed E-state index contributed by atoms with van der Waals surface area (Å²) in [5.74, 6) is 0.335. The highest BCUT2D eigenvalue weighted by atomic mass is 79.9. The summed E-state index contributed by atoms with van der Waals surface area (Å²) in [6, 6.07) is 3.64. The fourth-order valence-electron chi connectivity index (χ4n) is 2.35. The quantitative estimate of drug-likeness (QED) is 0.676. The van der Waals surface area contributed by atoms with E-state index in [0.29, 0.717) is 23.7 Å². The molecule has 5 heteroatoms. The largest absolute Gasteiger partial charge is 0.397 e. The van der Waals surface area contributed by atoms with Crippen LogP contribution in [0.1, 0.15) is 40.5 Å². The number of anilines is 2. The van der Waals surface area contributed by atoms with Crippen LogP contribution in [0.4, 0.5) is 11.4 Å². The molecule has 20 heavy (non-hydrogen) atoms. The predicted octanol–water partition coefficient (Wildman–Crippen LogP) is 5.19. The van der Waals surface area contributed by atoms with Crippen molar-refractivity contribution in [3.63, 3.8) is 0 Å². The molecule has 1 unspecified atom stereocenters. The molecule has 0 spiro atoms. The molecule has 0 saturated carbocycles. The van der Waals surface area contributed by atoms with Crippen LogP contribution in [0.5, 0.6) is 0 Å². The van der Waals surface area contributed by atoms with Gasteiger partial charge < -0.3 is 11.1 Å². The van der Waals surface area contributed by atoms with Gasteiger partial charge in [-0.2, -0.15) is 0 Å². The fourth-order valence-corrected chi connectivity index (χ4v) is 3.71. The molecule has 1 atom stereocenters. The standard InChI is InChI=1S/C15H22Br2N2O/c1-9(8-15(2,3)4)5-13(20)19-14-11(17)6-10(16)7-12(14)18/h6-7,9H,5,8,18H2,1-4H3,(H,19,20). The van der Waals surface area contributed by atoms with E-state index in [1.165, 1.54) is 0 Å². The average Bonchev–Trinajstić information content (AvgIpc) is 2.20. The molecular weight excluding hydrogens is 384 g/mol. The van der Waals surface area contributed by atoms with Crippen LogP contribution >= 0.6 is 31.9 Å². The van der Waals surface area contributed by atoms with Crippen LogP contribution in [0.3, 0.4) is 0 Å². The summed E-state index contributed by atoms with van der Waals surface area (Å²) in [6.07, 6.45) is 1.51. The molecule has 0 radical (unpaired) electrons. The third-order valence-electron chi connectivity index (χ3n) is 2.84. The van der Waals surface area contributed by atoms with Gasteiger partial charge >= 0.3 is 0 Å². The maximum absolute atomic E-state index is 12.1. The second-order valence-electron chi connectivity index (χ2n) is 6.47. The third kappa shape index (κ3) is 5.83. The number of nitrogens with two attached hydrogens (primary N) is 1. The summed E-state index contributed by atoms with van der Waals surface area (Å²) >= 11 is 6.78. The van der Waals surface area contributed by atoms with Crippen LogP contribution in [0, 0.1) is 11.3 Å². The Hall–Kier alpha value is -0.550. The minimum Gasteiger partial charge on any atom is -0.397 e. The first kappa shape index (κ1) is 17.5. The fraction of sp³-hybridized carbons (Fsp3) is 0.533. The number of benzene rings is 1. The molecule has 1 aromatic carbocycles. The molecule has 1 aromatic rings. The van der Waals surface area contributed by atoms with E-state index in [-0.39, 0.29) is 11.3 Å². The van der Waals surface area contributed by atoms with Crippen LogP contribution in [-0.2, 0) is 4.79 Å². The Labute approximate surface area is 138 Å². The van der Waals surface area contributed by atoms with Crippen molar-refractivity contribution in [2.75, 3.05) is 11.1 Å². The lowest BCUT2D eigenvalue weighted by atomic mass is 9.84. The van der Waals surface area contributed by atoms with E-state index in [2.05, 4.69) is 64.9 Å². The van der Waals surface area contributed by atoms with Gasteiger partial charge in [-0.1, -0.05) is 43.6 Å². The molecule has 0 aromatic heterocycles. The first-order valence-electron chi connectivity index (χ1n) is 6.63. The number of nitrogens with one attached hydrogen (secondary N) is 1. The van der Waals surface area contributed by atoms with Gasteiger partial charge in [0.25, 0.3) is 0 Å². The van der Waals surface area contributed by atoms with Crippen molar-refractivity contribution in [2.24, 2.45) is 11.3 Å². The van der Waals surface area contributed by atoms with Crippen molar-refractivity contribution in [3.05, 3.63) is 21.1 Å². The first-order valence-corrected chi connectivity index (χ1v) is 8.21. The highest BCUT2D eigenvalue weighted by Crippen LogP contribution is 2.33. The SMILES string of the molecule is CC(CC(=O)Nc1c(N)cc(Br)cc1Br)CC(C)(C)C. The Bertz CT molecular complexity index is 472. The Morgan fingerprint density at radius 3 is 2.45 bits per heavy atom. The van der Waals surface area contributed by atoms with E-state index < -0.39 is 0 Å². The Balaban J connectivity index is 2.68. The van der Waals surface area contributed by atoms with E-state index >= 15 is 0 Å². The van der Waals surface area contributed by atoms with Crippen LogP contribution in [-0.4, -0.2) is 5.91 Å². The highest BCUT2D eigenvalue weighted by molar-refractivity contribution is 9.11. The predicted molar refractivity (Wildman–Crippen MR) is 92.7 cm³/mol. The number of amides is 1. The van der Waals surface area contributed by atoms with E-state index in [1.807, 2.05) is 6.07 Å². The molecule has 1 rings (SSSR count). The van der Waals surface area contributed by atoms with Crippen molar-refractivity contribution >= 4 is 49.1 Å². The van der Waals surface area contributed by atoms with E-state index in [9.17, 15) is 4.79 Å². The van der Waals surface area contributed by atoms with Gasteiger partial charge in [0.1, 0.15) is 0 Å². The zero-order valence-electron chi connectivity index (χ0n) is 12.4. The van der Waals surface area contributed by atoms with E-state index in [4.69, 9.17) is 5.73 Å². The Kier molecular flexibility index (Phi) is 6.07. The lowest BCUT2D eigenvalue weighted by Crippen LogP contribution is -2.19. The molecule has 0 heterocycles. The molecule has 0 aliphatic rings. The van der Waals surface area contributed by atoms with Crippen LogP contribution in [0.15, 0.2) is 21.1 Å². The summed E-state index contributed by atoms with van der Waals surface area (Å²) in [5.41, 5.74) is 7.35. The van der Waals surface area contributed by atoms with Crippen LogP contribution in [0.2, 0.25) is 0 Å². The lowest BCUT2D eigenvalue weighted by molar-refractivity contribution is -0.117. The minimum absolute atomic E-state index is 0.00327. The monoisotopic (exact) mass is 404 g/mol. The van der Waals surface area contributed by atoms with E-state index in [1.54, 1.807) is 6.07 Å². The van der Waals surface area contributed by atoms with Gasteiger partial charge in [-0.3, -0.25) is 4.79 Å². The second kappa shape index (κ2) is 6.94. The molecule has 112 valence electrons. The van der Waals surface area contributed by atoms with Crippen molar-refractivity contribution in [3.8, 4) is 0 Å². The van der Waals surface area contributed by atoms with Gasteiger partial charge in [-0.25, -0.2) is 0 Å².